The van der Waals surface area contributed by atoms with Crippen molar-refractivity contribution in [2.75, 3.05) is 0 Å². The Kier molecular flexibility index (Phi) is 2.47. The number of rotatable bonds is 1. The number of benzene rings is 2. The molecule has 0 unspecified atom stereocenters. The molecule has 0 bridgehead atoms. The third-order valence-corrected chi connectivity index (χ3v) is 4.52. The quantitative estimate of drug-likeness (QED) is 0.473. The third kappa shape index (κ3) is 1.67. The summed E-state index contributed by atoms with van der Waals surface area (Å²) in [5.74, 6) is 0. The maximum absolute atomic E-state index is 12.1. The zero-order chi connectivity index (χ0) is 13.5. The topological polar surface area (TPSA) is 30.2 Å². The van der Waals surface area contributed by atoms with Crippen molar-refractivity contribution in [1.29, 1.82) is 0 Å². The second-order valence-electron chi connectivity index (χ2n) is 4.61. The molecule has 0 radical (unpaired) electrons. The Morgan fingerprint density at radius 3 is 2.45 bits per heavy atom. The fraction of sp³-hybridized carbons (Fsp3) is 0. The van der Waals surface area contributed by atoms with Gasteiger partial charge in [-0.15, -0.1) is 11.3 Å². The van der Waals surface area contributed by atoms with Crippen molar-refractivity contribution in [3.8, 4) is 10.4 Å². The van der Waals surface area contributed by atoms with E-state index in [-0.39, 0.29) is 5.63 Å². The summed E-state index contributed by atoms with van der Waals surface area (Å²) >= 11 is 1.49. The molecule has 0 atom stereocenters. The van der Waals surface area contributed by atoms with Gasteiger partial charge < -0.3 is 4.42 Å². The smallest absolute Gasteiger partial charge is 0.354 e. The summed E-state index contributed by atoms with van der Waals surface area (Å²) in [5, 5.41) is 1.96. The van der Waals surface area contributed by atoms with Crippen LogP contribution in [0.15, 0.2) is 69.9 Å². The van der Waals surface area contributed by atoms with Gasteiger partial charge in [0.2, 0.25) is 0 Å². The molecule has 2 heterocycles. The van der Waals surface area contributed by atoms with Crippen LogP contribution in [0, 0.1) is 0 Å². The molecule has 0 saturated carbocycles. The van der Waals surface area contributed by atoms with Crippen molar-refractivity contribution in [3.63, 3.8) is 0 Å². The van der Waals surface area contributed by atoms with Gasteiger partial charge in [-0.2, -0.15) is 0 Å². The SMILES string of the molecule is O=c1oc2ccccc2c2cc(-c3ccccc3)sc12. The first-order chi connectivity index (χ1) is 9.83. The van der Waals surface area contributed by atoms with E-state index >= 15 is 0 Å². The second kappa shape index (κ2) is 4.32. The first-order valence-corrected chi connectivity index (χ1v) is 7.15. The van der Waals surface area contributed by atoms with E-state index < -0.39 is 0 Å². The Hall–Kier alpha value is -2.39. The van der Waals surface area contributed by atoms with Gasteiger partial charge in [-0.1, -0.05) is 48.5 Å². The van der Waals surface area contributed by atoms with E-state index in [0.717, 1.165) is 21.2 Å². The lowest BCUT2D eigenvalue weighted by atomic mass is 10.1. The van der Waals surface area contributed by atoms with Crippen LogP contribution >= 0.6 is 11.3 Å². The largest absolute Gasteiger partial charge is 0.422 e. The monoisotopic (exact) mass is 278 g/mol. The molecule has 0 aliphatic rings. The third-order valence-electron chi connectivity index (χ3n) is 3.36. The van der Waals surface area contributed by atoms with Gasteiger partial charge in [-0.3, -0.25) is 0 Å². The van der Waals surface area contributed by atoms with E-state index in [1.165, 1.54) is 11.3 Å². The summed E-state index contributed by atoms with van der Waals surface area (Å²) < 4.78 is 6.06. The van der Waals surface area contributed by atoms with Gasteiger partial charge in [0, 0.05) is 15.6 Å². The normalized spacial score (nSPS) is 11.2. The molecule has 2 aromatic heterocycles. The zero-order valence-corrected chi connectivity index (χ0v) is 11.3. The molecule has 2 aromatic carbocycles. The van der Waals surface area contributed by atoms with Crippen LogP contribution in [0.25, 0.3) is 31.5 Å². The second-order valence-corrected chi connectivity index (χ2v) is 5.66. The van der Waals surface area contributed by atoms with Crippen molar-refractivity contribution < 1.29 is 4.42 Å². The number of hydrogen-bond acceptors (Lipinski definition) is 3. The van der Waals surface area contributed by atoms with Crippen LogP contribution in [0.5, 0.6) is 0 Å². The molecule has 2 nitrogen and oxygen atoms in total. The Bertz CT molecular complexity index is 965. The van der Waals surface area contributed by atoms with Crippen LogP contribution in [-0.4, -0.2) is 0 Å². The summed E-state index contributed by atoms with van der Waals surface area (Å²) in [4.78, 5) is 13.2. The fourth-order valence-electron chi connectivity index (χ4n) is 2.41. The van der Waals surface area contributed by atoms with Gasteiger partial charge >= 0.3 is 5.63 Å². The number of para-hydroxylation sites is 1. The van der Waals surface area contributed by atoms with Crippen LogP contribution in [0.4, 0.5) is 0 Å². The van der Waals surface area contributed by atoms with Crippen LogP contribution in [-0.2, 0) is 0 Å². The molecule has 0 amide bonds. The van der Waals surface area contributed by atoms with Gasteiger partial charge in [-0.05, 0) is 17.7 Å². The Labute approximate surface area is 118 Å². The maximum Gasteiger partial charge on any atom is 0.354 e. The lowest BCUT2D eigenvalue weighted by Crippen LogP contribution is -1.96. The lowest BCUT2D eigenvalue weighted by molar-refractivity contribution is 0.571. The fourth-order valence-corrected chi connectivity index (χ4v) is 3.47. The minimum Gasteiger partial charge on any atom is -0.422 e. The maximum atomic E-state index is 12.1. The van der Waals surface area contributed by atoms with Crippen molar-refractivity contribution in [1.82, 2.24) is 0 Å². The van der Waals surface area contributed by atoms with Gasteiger partial charge in [0.05, 0.1) is 0 Å². The van der Waals surface area contributed by atoms with Crippen LogP contribution in [0.3, 0.4) is 0 Å². The Morgan fingerprint density at radius 1 is 0.850 bits per heavy atom. The molecule has 4 rings (SSSR count). The molecule has 96 valence electrons. The van der Waals surface area contributed by atoms with Crippen molar-refractivity contribution >= 4 is 32.4 Å². The van der Waals surface area contributed by atoms with Crippen molar-refractivity contribution in [2.24, 2.45) is 0 Å². The van der Waals surface area contributed by atoms with Gasteiger partial charge in [-0.25, -0.2) is 4.79 Å². The van der Waals surface area contributed by atoms with E-state index in [4.69, 9.17) is 4.42 Å². The minimum atomic E-state index is -0.258. The van der Waals surface area contributed by atoms with E-state index in [1.807, 2.05) is 42.5 Å². The molecule has 0 aliphatic heterocycles. The highest BCUT2D eigenvalue weighted by Gasteiger charge is 2.12. The number of thiophene rings is 1. The highest BCUT2D eigenvalue weighted by molar-refractivity contribution is 7.22. The predicted molar refractivity (Wildman–Crippen MR) is 83.3 cm³/mol. The number of fused-ring (bicyclic) bond motifs is 3. The molecule has 20 heavy (non-hydrogen) atoms. The van der Waals surface area contributed by atoms with E-state index in [9.17, 15) is 4.79 Å². The van der Waals surface area contributed by atoms with Crippen molar-refractivity contribution in [3.05, 3.63) is 71.1 Å². The zero-order valence-electron chi connectivity index (χ0n) is 10.5. The molecule has 0 aliphatic carbocycles. The first-order valence-electron chi connectivity index (χ1n) is 6.34. The molecular formula is C17H10O2S. The Morgan fingerprint density at radius 2 is 1.60 bits per heavy atom. The van der Waals surface area contributed by atoms with E-state index in [2.05, 4.69) is 18.2 Å². The molecule has 0 N–H and O–H groups in total. The molecule has 3 heteroatoms. The number of hydrogen-bond donors (Lipinski definition) is 0. The average Bonchev–Trinajstić information content (AvgIpc) is 2.94. The van der Waals surface area contributed by atoms with Gasteiger partial charge in [0.1, 0.15) is 10.3 Å². The molecular weight excluding hydrogens is 268 g/mol. The lowest BCUT2D eigenvalue weighted by Gasteiger charge is -1.96. The summed E-state index contributed by atoms with van der Waals surface area (Å²) in [6.45, 7) is 0. The van der Waals surface area contributed by atoms with Crippen LogP contribution in [0.2, 0.25) is 0 Å². The molecule has 0 fully saturated rings. The van der Waals surface area contributed by atoms with E-state index in [0.29, 0.717) is 10.3 Å². The Balaban J connectivity index is 2.11. The summed E-state index contributed by atoms with van der Waals surface area (Å²) in [6, 6.07) is 19.8. The predicted octanol–water partition coefficient (Wildman–Crippen LogP) is 4.67. The van der Waals surface area contributed by atoms with Gasteiger partial charge in [0.15, 0.2) is 0 Å². The molecule has 4 aromatic rings. The van der Waals surface area contributed by atoms with Crippen LogP contribution < -0.4 is 5.63 Å². The van der Waals surface area contributed by atoms with Crippen molar-refractivity contribution in [2.45, 2.75) is 0 Å². The molecule has 0 saturated heterocycles. The summed E-state index contributed by atoms with van der Waals surface area (Å²) in [7, 11) is 0. The van der Waals surface area contributed by atoms with Crippen LogP contribution in [0.1, 0.15) is 0 Å². The minimum absolute atomic E-state index is 0.258. The molecule has 0 spiro atoms. The summed E-state index contributed by atoms with van der Waals surface area (Å²) in [5.41, 5.74) is 1.51. The standard InChI is InChI=1S/C17H10O2S/c18-17-16-13(12-8-4-5-9-14(12)19-17)10-15(20-16)11-6-2-1-3-7-11/h1-10H. The first kappa shape index (κ1) is 11.4. The highest BCUT2D eigenvalue weighted by Crippen LogP contribution is 2.35. The highest BCUT2D eigenvalue weighted by atomic mass is 32.1. The summed E-state index contributed by atoms with van der Waals surface area (Å²) in [6.07, 6.45) is 0. The average molecular weight is 278 g/mol. The van der Waals surface area contributed by atoms with Gasteiger partial charge in [0.25, 0.3) is 0 Å². The van der Waals surface area contributed by atoms with E-state index in [1.54, 1.807) is 0 Å².